The number of nitrogens with zero attached hydrogens (tertiary/aromatic N) is 1. The molecule has 0 aliphatic heterocycles. The first-order valence-corrected chi connectivity index (χ1v) is 9.05. The molecule has 1 aliphatic carbocycles. The van der Waals surface area contributed by atoms with Crippen molar-refractivity contribution in [3.63, 3.8) is 0 Å². The SMILES string of the molecule is Cc1c(NC(C)C2CCC(N(C)C)CC2)cc2occc2c1C(=O)O. The third kappa shape index (κ3) is 3.52. The zero-order chi connectivity index (χ0) is 18.1. The van der Waals surface area contributed by atoms with E-state index < -0.39 is 5.97 Å². The van der Waals surface area contributed by atoms with Crippen molar-refractivity contribution in [3.05, 3.63) is 29.5 Å². The molecule has 0 amide bonds. The maximum atomic E-state index is 11.7. The lowest BCUT2D eigenvalue weighted by molar-refractivity contribution is 0.0698. The molecule has 0 radical (unpaired) electrons. The van der Waals surface area contributed by atoms with E-state index in [1.54, 1.807) is 12.3 Å². The van der Waals surface area contributed by atoms with E-state index in [1.807, 2.05) is 13.0 Å². The van der Waals surface area contributed by atoms with Crippen LogP contribution in [0.4, 0.5) is 5.69 Å². The number of carbonyl (C=O) groups is 1. The molecule has 1 aliphatic rings. The summed E-state index contributed by atoms with van der Waals surface area (Å²) in [4.78, 5) is 14.0. The molecule has 1 aromatic carbocycles. The number of anilines is 1. The van der Waals surface area contributed by atoms with Gasteiger partial charge in [-0.1, -0.05) is 0 Å². The standard InChI is InChI=1S/C20H28N2O3/c1-12-17(11-18-16(9-10-25-18)19(12)20(23)24)21-13(2)14-5-7-15(8-6-14)22(3)4/h9-11,13-15,21H,5-8H2,1-4H3,(H,23,24). The van der Waals surface area contributed by atoms with Gasteiger partial charge < -0.3 is 19.7 Å². The fourth-order valence-corrected chi connectivity index (χ4v) is 4.12. The van der Waals surface area contributed by atoms with Gasteiger partial charge in [-0.25, -0.2) is 4.79 Å². The molecule has 25 heavy (non-hydrogen) atoms. The first kappa shape index (κ1) is 17.8. The van der Waals surface area contributed by atoms with E-state index in [0.29, 0.717) is 34.5 Å². The third-order valence-electron chi connectivity index (χ3n) is 5.79. The van der Waals surface area contributed by atoms with Crippen LogP contribution in [0.1, 0.15) is 48.5 Å². The summed E-state index contributed by atoms with van der Waals surface area (Å²) in [6.45, 7) is 4.07. The molecule has 0 spiro atoms. The van der Waals surface area contributed by atoms with Gasteiger partial charge in [-0.15, -0.1) is 0 Å². The van der Waals surface area contributed by atoms with Crippen LogP contribution < -0.4 is 5.32 Å². The second-order valence-corrected chi connectivity index (χ2v) is 7.53. The summed E-state index contributed by atoms with van der Waals surface area (Å²) < 4.78 is 5.46. The lowest BCUT2D eigenvalue weighted by Gasteiger charge is -2.36. The van der Waals surface area contributed by atoms with Crippen molar-refractivity contribution in [1.29, 1.82) is 0 Å². The van der Waals surface area contributed by atoms with Crippen LogP contribution >= 0.6 is 0 Å². The van der Waals surface area contributed by atoms with Gasteiger partial charge in [0.1, 0.15) is 5.58 Å². The zero-order valence-corrected chi connectivity index (χ0v) is 15.5. The van der Waals surface area contributed by atoms with Crippen LogP contribution in [0.25, 0.3) is 11.0 Å². The Bertz CT molecular complexity index is 758. The highest BCUT2D eigenvalue weighted by Crippen LogP contribution is 2.33. The van der Waals surface area contributed by atoms with Crippen molar-refractivity contribution in [1.82, 2.24) is 4.90 Å². The van der Waals surface area contributed by atoms with Crippen LogP contribution in [0.15, 0.2) is 22.8 Å². The molecule has 1 heterocycles. The number of benzene rings is 1. The maximum Gasteiger partial charge on any atom is 0.336 e. The molecule has 1 saturated carbocycles. The van der Waals surface area contributed by atoms with Crippen LogP contribution in [-0.2, 0) is 0 Å². The first-order chi connectivity index (χ1) is 11.9. The molecule has 0 saturated heterocycles. The average Bonchev–Trinajstić information content (AvgIpc) is 3.02. The van der Waals surface area contributed by atoms with Gasteiger partial charge in [0.15, 0.2) is 0 Å². The molecule has 1 fully saturated rings. The Morgan fingerprint density at radius 3 is 2.60 bits per heavy atom. The van der Waals surface area contributed by atoms with Crippen molar-refractivity contribution in [3.8, 4) is 0 Å². The van der Waals surface area contributed by atoms with E-state index in [4.69, 9.17) is 4.42 Å². The highest BCUT2D eigenvalue weighted by atomic mass is 16.4. The number of nitrogens with one attached hydrogen (secondary N) is 1. The molecule has 0 bridgehead atoms. The minimum absolute atomic E-state index is 0.302. The summed E-state index contributed by atoms with van der Waals surface area (Å²) in [6, 6.07) is 4.64. The van der Waals surface area contributed by atoms with Crippen molar-refractivity contribution in [2.24, 2.45) is 5.92 Å². The molecule has 2 N–H and O–H groups in total. The summed E-state index contributed by atoms with van der Waals surface area (Å²) in [7, 11) is 4.31. The van der Waals surface area contributed by atoms with Crippen molar-refractivity contribution >= 4 is 22.6 Å². The predicted octanol–water partition coefficient (Wildman–Crippen LogP) is 4.36. The van der Waals surface area contributed by atoms with E-state index >= 15 is 0 Å². The van der Waals surface area contributed by atoms with Crippen LogP contribution in [-0.4, -0.2) is 42.2 Å². The summed E-state index contributed by atoms with van der Waals surface area (Å²) in [5.41, 5.74) is 2.59. The molecular weight excluding hydrogens is 316 g/mol. The quantitative estimate of drug-likeness (QED) is 0.843. The van der Waals surface area contributed by atoms with Gasteiger partial charge in [-0.3, -0.25) is 0 Å². The van der Waals surface area contributed by atoms with E-state index in [-0.39, 0.29) is 0 Å². The summed E-state index contributed by atoms with van der Waals surface area (Å²) in [5.74, 6) is -0.303. The summed E-state index contributed by atoms with van der Waals surface area (Å²) in [6.07, 6.45) is 6.39. The second kappa shape index (κ2) is 7.08. The minimum Gasteiger partial charge on any atom is -0.478 e. The predicted molar refractivity (Wildman–Crippen MR) is 100 cm³/mol. The number of hydrogen-bond donors (Lipinski definition) is 2. The molecule has 1 aromatic heterocycles. The Morgan fingerprint density at radius 2 is 2.00 bits per heavy atom. The van der Waals surface area contributed by atoms with E-state index in [0.717, 1.165) is 11.3 Å². The lowest BCUT2D eigenvalue weighted by atomic mass is 9.81. The van der Waals surface area contributed by atoms with Gasteiger partial charge in [0.25, 0.3) is 0 Å². The molecule has 1 unspecified atom stereocenters. The first-order valence-electron chi connectivity index (χ1n) is 9.05. The van der Waals surface area contributed by atoms with Crippen LogP contribution in [0.3, 0.4) is 0 Å². The van der Waals surface area contributed by atoms with Gasteiger partial charge in [-0.2, -0.15) is 0 Å². The molecule has 136 valence electrons. The fourth-order valence-electron chi connectivity index (χ4n) is 4.12. The van der Waals surface area contributed by atoms with E-state index in [1.165, 1.54) is 25.7 Å². The summed E-state index contributed by atoms with van der Waals surface area (Å²) >= 11 is 0. The van der Waals surface area contributed by atoms with Gasteiger partial charge >= 0.3 is 5.97 Å². The lowest BCUT2D eigenvalue weighted by Crippen LogP contribution is -2.36. The van der Waals surface area contributed by atoms with Crippen molar-refractivity contribution < 1.29 is 14.3 Å². The molecular formula is C20H28N2O3. The number of fused-ring (bicyclic) bond motifs is 1. The molecule has 5 heteroatoms. The van der Waals surface area contributed by atoms with E-state index in [9.17, 15) is 9.90 Å². The Kier molecular flexibility index (Phi) is 5.04. The van der Waals surface area contributed by atoms with Crippen LogP contribution in [0, 0.1) is 12.8 Å². The Morgan fingerprint density at radius 1 is 1.32 bits per heavy atom. The monoisotopic (exact) mass is 344 g/mol. The number of furan rings is 1. The van der Waals surface area contributed by atoms with Gasteiger partial charge in [0, 0.05) is 29.2 Å². The van der Waals surface area contributed by atoms with Gasteiger partial charge in [0.05, 0.1) is 11.8 Å². The maximum absolute atomic E-state index is 11.7. The molecule has 3 rings (SSSR count). The van der Waals surface area contributed by atoms with Crippen LogP contribution in [0.5, 0.6) is 0 Å². The Labute approximate surface area is 149 Å². The zero-order valence-electron chi connectivity index (χ0n) is 15.5. The Hall–Kier alpha value is -2.01. The van der Waals surface area contributed by atoms with E-state index in [2.05, 4.69) is 31.2 Å². The molecule has 5 nitrogen and oxygen atoms in total. The second-order valence-electron chi connectivity index (χ2n) is 7.53. The third-order valence-corrected chi connectivity index (χ3v) is 5.79. The largest absolute Gasteiger partial charge is 0.478 e. The number of rotatable bonds is 5. The number of carboxylic acid groups (broad SMARTS) is 1. The number of aromatic carboxylic acids is 1. The number of hydrogen-bond acceptors (Lipinski definition) is 4. The van der Waals surface area contributed by atoms with Gasteiger partial charge in [0.2, 0.25) is 0 Å². The average molecular weight is 344 g/mol. The van der Waals surface area contributed by atoms with Crippen molar-refractivity contribution in [2.45, 2.75) is 51.6 Å². The number of carboxylic acids is 1. The topological polar surface area (TPSA) is 65.7 Å². The normalized spacial score (nSPS) is 22.3. The van der Waals surface area contributed by atoms with Crippen LogP contribution in [0.2, 0.25) is 0 Å². The highest BCUT2D eigenvalue weighted by molar-refractivity contribution is 6.05. The summed E-state index contributed by atoms with van der Waals surface area (Å²) in [5, 5.41) is 13.8. The molecule has 2 aromatic rings. The smallest absolute Gasteiger partial charge is 0.336 e. The fraction of sp³-hybridized carbons (Fsp3) is 0.550. The van der Waals surface area contributed by atoms with Gasteiger partial charge in [-0.05, 0) is 71.2 Å². The highest BCUT2D eigenvalue weighted by Gasteiger charge is 2.27. The van der Waals surface area contributed by atoms with Crippen molar-refractivity contribution in [2.75, 3.05) is 19.4 Å². The Balaban J connectivity index is 1.79. The minimum atomic E-state index is -0.910. The molecule has 1 atom stereocenters.